The molecule has 0 fully saturated rings. The molecule has 104 valence electrons. The zero-order valence-corrected chi connectivity index (χ0v) is 13.6. The van der Waals surface area contributed by atoms with Gasteiger partial charge in [0.2, 0.25) is 0 Å². The van der Waals surface area contributed by atoms with Gasteiger partial charge in [-0.05, 0) is 58.7 Å². The predicted molar refractivity (Wildman–Crippen MR) is 87.7 cm³/mol. The average molecular weight is 374 g/mol. The molecule has 1 amide bonds. The summed E-state index contributed by atoms with van der Waals surface area (Å²) in [4.78, 5) is 12.2. The highest BCUT2D eigenvalue weighted by atomic mass is 79.9. The maximum Gasteiger partial charge on any atom is 0.256 e. The molecule has 0 spiro atoms. The second-order valence-corrected chi connectivity index (χ2v) is 5.96. The molecule has 0 aliphatic carbocycles. The Balaban J connectivity index is 2.30. The monoisotopic (exact) mass is 372 g/mol. The summed E-state index contributed by atoms with van der Waals surface area (Å²) >= 11 is 15.1. The van der Waals surface area contributed by atoms with E-state index in [-0.39, 0.29) is 5.91 Å². The first kappa shape index (κ1) is 15.2. The number of hydrogen-bond donors (Lipinski definition) is 2. The lowest BCUT2D eigenvalue weighted by molar-refractivity contribution is 0.102. The number of nitrogens with two attached hydrogens (primary N) is 1. The van der Waals surface area contributed by atoms with Gasteiger partial charge in [-0.3, -0.25) is 4.79 Å². The van der Waals surface area contributed by atoms with E-state index >= 15 is 0 Å². The first-order chi connectivity index (χ1) is 9.38. The normalized spacial score (nSPS) is 10.4. The maximum atomic E-state index is 12.2. The van der Waals surface area contributed by atoms with E-state index in [1.165, 1.54) is 0 Å². The van der Waals surface area contributed by atoms with Crippen LogP contribution in [-0.4, -0.2) is 5.91 Å². The molecule has 0 unspecified atom stereocenters. The van der Waals surface area contributed by atoms with Crippen molar-refractivity contribution in [3.8, 4) is 0 Å². The third-order valence-electron chi connectivity index (χ3n) is 2.77. The summed E-state index contributed by atoms with van der Waals surface area (Å²) in [6.45, 7) is 1.85. The molecule has 0 aromatic heterocycles. The van der Waals surface area contributed by atoms with Crippen molar-refractivity contribution in [1.29, 1.82) is 0 Å². The summed E-state index contributed by atoms with van der Waals surface area (Å²) in [6.07, 6.45) is 0. The number of nitrogen functional groups attached to an aromatic ring is 1. The van der Waals surface area contributed by atoms with E-state index in [4.69, 9.17) is 28.9 Å². The van der Waals surface area contributed by atoms with Gasteiger partial charge in [-0.1, -0.05) is 23.2 Å². The van der Waals surface area contributed by atoms with Gasteiger partial charge in [0.05, 0.1) is 16.3 Å². The Morgan fingerprint density at radius 3 is 2.60 bits per heavy atom. The van der Waals surface area contributed by atoms with Crippen LogP contribution in [0.15, 0.2) is 34.8 Å². The van der Waals surface area contributed by atoms with Crippen LogP contribution in [0.25, 0.3) is 0 Å². The van der Waals surface area contributed by atoms with Gasteiger partial charge in [-0.25, -0.2) is 0 Å². The van der Waals surface area contributed by atoms with Crippen molar-refractivity contribution >= 4 is 56.4 Å². The number of carbonyl (C=O) groups is 1. The van der Waals surface area contributed by atoms with Crippen LogP contribution in [0, 0.1) is 6.92 Å². The van der Waals surface area contributed by atoms with Gasteiger partial charge in [0.25, 0.3) is 5.91 Å². The summed E-state index contributed by atoms with van der Waals surface area (Å²) in [6, 6.07) is 8.32. The van der Waals surface area contributed by atoms with Crippen LogP contribution in [0.2, 0.25) is 10.0 Å². The molecule has 0 bridgehead atoms. The minimum atomic E-state index is -0.252. The molecule has 0 atom stereocenters. The standard InChI is InChI=1S/C14H11BrCl2N2O/c1-7-4-12(18)11(17)6-13(7)19-14(20)9-3-2-8(16)5-10(9)15/h2-6H,18H2,1H3,(H,19,20). The summed E-state index contributed by atoms with van der Waals surface area (Å²) < 4.78 is 0.627. The molecule has 0 saturated heterocycles. The first-order valence-corrected chi connectivity index (χ1v) is 7.25. The minimum Gasteiger partial charge on any atom is -0.398 e. The first-order valence-electron chi connectivity index (χ1n) is 5.70. The Labute approximate surface area is 135 Å². The van der Waals surface area contributed by atoms with Crippen LogP contribution in [0.4, 0.5) is 11.4 Å². The third-order valence-corrected chi connectivity index (χ3v) is 3.99. The Morgan fingerprint density at radius 1 is 1.25 bits per heavy atom. The van der Waals surface area contributed by atoms with Gasteiger partial charge in [-0.15, -0.1) is 0 Å². The molecule has 0 aliphatic heterocycles. The molecule has 0 saturated carbocycles. The molecule has 6 heteroatoms. The third kappa shape index (κ3) is 3.26. The van der Waals surface area contributed by atoms with E-state index in [0.717, 1.165) is 5.56 Å². The summed E-state index contributed by atoms with van der Waals surface area (Å²) in [5.74, 6) is -0.252. The molecule has 2 aromatic carbocycles. The lowest BCUT2D eigenvalue weighted by atomic mass is 10.1. The van der Waals surface area contributed by atoms with Crippen LogP contribution in [0.3, 0.4) is 0 Å². The van der Waals surface area contributed by atoms with Crippen molar-refractivity contribution in [3.63, 3.8) is 0 Å². The summed E-state index contributed by atoms with van der Waals surface area (Å²) in [5.41, 5.74) is 8.13. The van der Waals surface area contributed by atoms with Crippen LogP contribution in [-0.2, 0) is 0 Å². The van der Waals surface area contributed by atoms with Gasteiger partial charge in [-0.2, -0.15) is 0 Å². The number of amides is 1. The maximum absolute atomic E-state index is 12.2. The quantitative estimate of drug-likeness (QED) is 0.735. The Bertz CT molecular complexity index is 689. The molecule has 0 heterocycles. The molecular weight excluding hydrogens is 363 g/mol. The van der Waals surface area contributed by atoms with E-state index < -0.39 is 0 Å². The number of halogens is 3. The average Bonchev–Trinajstić information content (AvgIpc) is 2.35. The van der Waals surface area contributed by atoms with Crippen LogP contribution in [0.1, 0.15) is 15.9 Å². The zero-order chi connectivity index (χ0) is 14.9. The van der Waals surface area contributed by atoms with Crippen molar-refractivity contribution in [3.05, 3.63) is 56.0 Å². The smallest absolute Gasteiger partial charge is 0.256 e. The Hall–Kier alpha value is -1.23. The fourth-order valence-electron chi connectivity index (χ4n) is 1.70. The molecule has 2 aromatic rings. The highest BCUT2D eigenvalue weighted by Gasteiger charge is 2.12. The number of nitrogens with one attached hydrogen (secondary N) is 1. The molecule has 2 rings (SSSR count). The summed E-state index contributed by atoms with van der Waals surface area (Å²) in [5, 5.41) is 3.76. The number of rotatable bonds is 2. The molecule has 20 heavy (non-hydrogen) atoms. The van der Waals surface area contributed by atoms with Crippen LogP contribution >= 0.6 is 39.1 Å². The van der Waals surface area contributed by atoms with E-state index in [1.807, 2.05) is 6.92 Å². The number of aryl methyl sites for hydroxylation is 1. The molecule has 0 aliphatic rings. The SMILES string of the molecule is Cc1cc(N)c(Cl)cc1NC(=O)c1ccc(Cl)cc1Br. The van der Waals surface area contributed by atoms with Gasteiger partial charge >= 0.3 is 0 Å². The van der Waals surface area contributed by atoms with E-state index in [9.17, 15) is 4.79 Å². The fraction of sp³-hybridized carbons (Fsp3) is 0.0714. The lowest BCUT2D eigenvalue weighted by Crippen LogP contribution is -2.13. The highest BCUT2D eigenvalue weighted by molar-refractivity contribution is 9.10. The van der Waals surface area contributed by atoms with Crippen LogP contribution < -0.4 is 11.1 Å². The van der Waals surface area contributed by atoms with Gasteiger partial charge in [0.15, 0.2) is 0 Å². The highest BCUT2D eigenvalue weighted by Crippen LogP contribution is 2.28. The van der Waals surface area contributed by atoms with Crippen molar-refractivity contribution < 1.29 is 4.79 Å². The van der Waals surface area contributed by atoms with Crippen molar-refractivity contribution in [2.45, 2.75) is 6.92 Å². The lowest BCUT2D eigenvalue weighted by Gasteiger charge is -2.11. The predicted octanol–water partition coefficient (Wildman–Crippen LogP) is 4.90. The fourth-order valence-corrected chi connectivity index (χ4v) is 2.73. The topological polar surface area (TPSA) is 55.1 Å². The number of anilines is 2. The van der Waals surface area contributed by atoms with E-state index in [1.54, 1.807) is 30.3 Å². The minimum absolute atomic E-state index is 0.252. The Morgan fingerprint density at radius 2 is 1.95 bits per heavy atom. The second kappa shape index (κ2) is 6.04. The van der Waals surface area contributed by atoms with Crippen molar-refractivity contribution in [2.75, 3.05) is 11.1 Å². The number of hydrogen-bond acceptors (Lipinski definition) is 2. The number of carbonyl (C=O) groups excluding carboxylic acids is 1. The molecule has 0 radical (unpaired) electrons. The second-order valence-electron chi connectivity index (χ2n) is 4.27. The van der Waals surface area contributed by atoms with Crippen LogP contribution in [0.5, 0.6) is 0 Å². The number of benzene rings is 2. The largest absolute Gasteiger partial charge is 0.398 e. The van der Waals surface area contributed by atoms with Gasteiger partial charge < -0.3 is 11.1 Å². The van der Waals surface area contributed by atoms with Crippen molar-refractivity contribution in [1.82, 2.24) is 0 Å². The summed E-state index contributed by atoms with van der Waals surface area (Å²) in [7, 11) is 0. The van der Waals surface area contributed by atoms with Gasteiger partial charge in [0, 0.05) is 15.2 Å². The van der Waals surface area contributed by atoms with E-state index in [0.29, 0.717) is 31.5 Å². The Kier molecular flexibility index (Phi) is 4.58. The molecular formula is C14H11BrCl2N2O. The molecule has 3 N–H and O–H groups in total. The zero-order valence-electron chi connectivity index (χ0n) is 10.5. The van der Waals surface area contributed by atoms with E-state index in [2.05, 4.69) is 21.2 Å². The van der Waals surface area contributed by atoms with Crippen molar-refractivity contribution in [2.24, 2.45) is 0 Å². The molecule has 3 nitrogen and oxygen atoms in total. The van der Waals surface area contributed by atoms with Gasteiger partial charge in [0.1, 0.15) is 0 Å².